The fourth-order valence-electron chi connectivity index (χ4n) is 1.85. The van der Waals surface area contributed by atoms with Gasteiger partial charge in [0.1, 0.15) is 5.82 Å². The van der Waals surface area contributed by atoms with Crippen LogP contribution in [0.5, 0.6) is 0 Å². The molecule has 0 bridgehead atoms. The number of oxime groups is 1. The third-order valence-electron chi connectivity index (χ3n) is 2.86. The molecule has 0 unspecified atom stereocenters. The summed E-state index contributed by atoms with van der Waals surface area (Å²) in [6.07, 6.45) is 0.102. The van der Waals surface area contributed by atoms with Gasteiger partial charge in [-0.3, -0.25) is 4.79 Å². The molecule has 5 nitrogen and oxygen atoms in total. The molecule has 0 saturated carbocycles. The molecule has 108 valence electrons. The van der Waals surface area contributed by atoms with Crippen molar-refractivity contribution < 1.29 is 14.4 Å². The van der Waals surface area contributed by atoms with Gasteiger partial charge in [-0.25, -0.2) is 4.39 Å². The highest BCUT2D eigenvalue weighted by Gasteiger charge is 2.10. The lowest BCUT2D eigenvalue weighted by Gasteiger charge is -2.10. The number of para-hydroxylation sites is 1. The topological polar surface area (TPSA) is 87.7 Å². The molecule has 0 saturated heterocycles. The molecule has 1 amide bonds. The first kappa shape index (κ1) is 14.5. The summed E-state index contributed by atoms with van der Waals surface area (Å²) >= 11 is 0. The zero-order valence-electron chi connectivity index (χ0n) is 11.1. The number of nitrogens with one attached hydrogen (secondary N) is 1. The van der Waals surface area contributed by atoms with E-state index in [9.17, 15) is 9.18 Å². The molecule has 0 fully saturated rings. The van der Waals surface area contributed by atoms with Crippen molar-refractivity contribution in [1.29, 1.82) is 0 Å². The first-order valence-electron chi connectivity index (χ1n) is 6.21. The van der Waals surface area contributed by atoms with Crippen LogP contribution < -0.4 is 11.1 Å². The Hall–Kier alpha value is -2.89. The Balaban J connectivity index is 2.11. The quantitative estimate of drug-likeness (QED) is 0.348. The first-order chi connectivity index (χ1) is 10.1. The fraction of sp³-hybridized carbons (Fsp3) is 0.0667. The van der Waals surface area contributed by atoms with Crippen LogP contribution in [0.2, 0.25) is 0 Å². The van der Waals surface area contributed by atoms with Gasteiger partial charge in [0.15, 0.2) is 5.84 Å². The number of hydrogen-bond donors (Lipinski definition) is 3. The van der Waals surface area contributed by atoms with E-state index in [1.54, 1.807) is 36.4 Å². The number of halogens is 1. The van der Waals surface area contributed by atoms with E-state index in [1.165, 1.54) is 12.1 Å². The highest BCUT2D eigenvalue weighted by molar-refractivity contribution is 6.05. The lowest BCUT2D eigenvalue weighted by Crippen LogP contribution is -2.20. The Bertz CT molecular complexity index is 669. The molecular weight excluding hydrogens is 273 g/mol. The zero-order valence-corrected chi connectivity index (χ0v) is 11.1. The van der Waals surface area contributed by atoms with Crippen LogP contribution in [0.1, 0.15) is 11.1 Å². The SMILES string of the molecule is N/C(=N/O)c1ccccc1NC(=O)Cc1ccc(F)cc1. The largest absolute Gasteiger partial charge is 0.409 e. The van der Waals surface area contributed by atoms with Gasteiger partial charge in [-0.2, -0.15) is 0 Å². The van der Waals surface area contributed by atoms with Crippen molar-refractivity contribution in [2.24, 2.45) is 10.9 Å². The van der Waals surface area contributed by atoms with Crippen molar-refractivity contribution in [2.75, 3.05) is 5.32 Å². The lowest BCUT2D eigenvalue weighted by atomic mass is 10.1. The van der Waals surface area contributed by atoms with E-state index in [2.05, 4.69) is 10.5 Å². The molecule has 2 aromatic rings. The van der Waals surface area contributed by atoms with Gasteiger partial charge < -0.3 is 16.3 Å². The van der Waals surface area contributed by atoms with Crippen LogP contribution in [-0.4, -0.2) is 17.0 Å². The Morgan fingerprint density at radius 2 is 1.86 bits per heavy atom. The second-order valence-electron chi connectivity index (χ2n) is 4.38. The van der Waals surface area contributed by atoms with E-state index in [1.807, 2.05) is 0 Å². The molecule has 0 radical (unpaired) electrons. The minimum atomic E-state index is -0.351. The van der Waals surface area contributed by atoms with Crippen LogP contribution in [0, 0.1) is 5.82 Å². The summed E-state index contributed by atoms with van der Waals surface area (Å²) in [6.45, 7) is 0. The molecule has 2 aromatic carbocycles. The average molecular weight is 287 g/mol. The van der Waals surface area contributed by atoms with E-state index in [0.29, 0.717) is 16.8 Å². The highest BCUT2D eigenvalue weighted by Crippen LogP contribution is 2.15. The second-order valence-corrected chi connectivity index (χ2v) is 4.38. The van der Waals surface area contributed by atoms with Gasteiger partial charge >= 0.3 is 0 Å². The standard InChI is InChI=1S/C15H14FN3O2/c16-11-7-5-10(6-8-11)9-14(20)18-13-4-2-1-3-12(13)15(17)19-21/h1-8,21H,9H2,(H2,17,19)(H,18,20). The third kappa shape index (κ3) is 3.79. The second kappa shape index (κ2) is 6.51. The van der Waals surface area contributed by atoms with E-state index < -0.39 is 0 Å². The van der Waals surface area contributed by atoms with E-state index in [0.717, 1.165) is 0 Å². The summed E-state index contributed by atoms with van der Waals surface area (Å²) in [5.74, 6) is -0.719. The zero-order chi connectivity index (χ0) is 15.2. The Morgan fingerprint density at radius 3 is 2.52 bits per heavy atom. The van der Waals surface area contributed by atoms with Gasteiger partial charge in [-0.1, -0.05) is 29.4 Å². The van der Waals surface area contributed by atoms with Crippen LogP contribution in [-0.2, 0) is 11.2 Å². The molecule has 0 aromatic heterocycles. The molecule has 0 heterocycles. The molecule has 21 heavy (non-hydrogen) atoms. The van der Waals surface area contributed by atoms with Gasteiger partial charge in [-0.05, 0) is 29.8 Å². The molecule has 0 aliphatic rings. The number of anilines is 1. The number of amidine groups is 1. The molecule has 0 spiro atoms. The van der Waals surface area contributed by atoms with Gasteiger partial charge in [0.05, 0.1) is 12.1 Å². The van der Waals surface area contributed by atoms with E-state index in [-0.39, 0.29) is 24.0 Å². The molecule has 4 N–H and O–H groups in total. The van der Waals surface area contributed by atoms with Crippen LogP contribution in [0.3, 0.4) is 0 Å². The number of carbonyl (C=O) groups excluding carboxylic acids is 1. The molecule has 0 aliphatic heterocycles. The van der Waals surface area contributed by atoms with Crippen molar-refractivity contribution in [1.82, 2.24) is 0 Å². The number of carbonyl (C=O) groups is 1. The van der Waals surface area contributed by atoms with Crippen LogP contribution in [0.15, 0.2) is 53.7 Å². The predicted molar refractivity (Wildman–Crippen MR) is 77.7 cm³/mol. The summed E-state index contributed by atoms with van der Waals surface area (Å²) in [5.41, 5.74) is 7.10. The highest BCUT2D eigenvalue weighted by atomic mass is 19.1. The predicted octanol–water partition coefficient (Wildman–Crippen LogP) is 2.10. The number of nitrogens with two attached hydrogens (primary N) is 1. The summed E-state index contributed by atoms with van der Waals surface area (Å²) in [6, 6.07) is 12.4. The molecular formula is C15H14FN3O2. The number of amides is 1. The summed E-state index contributed by atoms with van der Waals surface area (Å²) in [4.78, 5) is 12.0. The minimum absolute atomic E-state index is 0.0901. The Labute approximate surface area is 120 Å². The van der Waals surface area contributed by atoms with Crippen LogP contribution >= 0.6 is 0 Å². The van der Waals surface area contributed by atoms with Crippen molar-refractivity contribution >= 4 is 17.4 Å². The van der Waals surface area contributed by atoms with Crippen molar-refractivity contribution in [3.05, 3.63) is 65.5 Å². The maximum atomic E-state index is 12.8. The van der Waals surface area contributed by atoms with Crippen LogP contribution in [0.4, 0.5) is 10.1 Å². The normalized spacial score (nSPS) is 11.2. The van der Waals surface area contributed by atoms with Gasteiger partial charge in [0, 0.05) is 5.56 Å². The number of nitrogens with zero attached hydrogens (tertiary/aromatic N) is 1. The van der Waals surface area contributed by atoms with Crippen molar-refractivity contribution in [2.45, 2.75) is 6.42 Å². The Morgan fingerprint density at radius 1 is 1.19 bits per heavy atom. The fourth-order valence-corrected chi connectivity index (χ4v) is 1.85. The first-order valence-corrected chi connectivity index (χ1v) is 6.21. The summed E-state index contributed by atoms with van der Waals surface area (Å²) in [7, 11) is 0. The van der Waals surface area contributed by atoms with Gasteiger partial charge in [0.2, 0.25) is 5.91 Å². The Kier molecular flexibility index (Phi) is 4.50. The maximum Gasteiger partial charge on any atom is 0.228 e. The molecule has 0 atom stereocenters. The average Bonchev–Trinajstić information content (AvgIpc) is 2.49. The van der Waals surface area contributed by atoms with E-state index >= 15 is 0 Å². The van der Waals surface area contributed by atoms with Gasteiger partial charge in [0.25, 0.3) is 0 Å². The number of benzene rings is 2. The minimum Gasteiger partial charge on any atom is -0.409 e. The summed E-state index contributed by atoms with van der Waals surface area (Å²) < 4.78 is 12.8. The van der Waals surface area contributed by atoms with Crippen molar-refractivity contribution in [3.8, 4) is 0 Å². The lowest BCUT2D eigenvalue weighted by molar-refractivity contribution is -0.115. The number of rotatable bonds is 4. The number of hydrogen-bond acceptors (Lipinski definition) is 3. The third-order valence-corrected chi connectivity index (χ3v) is 2.86. The van der Waals surface area contributed by atoms with Crippen LogP contribution in [0.25, 0.3) is 0 Å². The maximum absolute atomic E-state index is 12.8. The van der Waals surface area contributed by atoms with Gasteiger partial charge in [-0.15, -0.1) is 0 Å². The van der Waals surface area contributed by atoms with E-state index in [4.69, 9.17) is 10.9 Å². The monoisotopic (exact) mass is 287 g/mol. The smallest absolute Gasteiger partial charge is 0.228 e. The summed E-state index contributed by atoms with van der Waals surface area (Å²) in [5, 5.41) is 14.3. The molecule has 2 rings (SSSR count). The van der Waals surface area contributed by atoms with Crippen molar-refractivity contribution in [3.63, 3.8) is 0 Å². The molecule has 6 heteroatoms. The molecule has 0 aliphatic carbocycles.